The predicted molar refractivity (Wildman–Crippen MR) is 63.5 cm³/mol. The first-order valence-electron chi connectivity index (χ1n) is 5.89. The Bertz CT molecular complexity index is 172. The van der Waals surface area contributed by atoms with Crippen LogP contribution in [-0.4, -0.2) is 23.0 Å². The summed E-state index contributed by atoms with van der Waals surface area (Å²) in [4.78, 5) is 2.69. The third-order valence-corrected chi connectivity index (χ3v) is 3.37. The van der Waals surface area contributed by atoms with E-state index in [0.29, 0.717) is 11.0 Å². The van der Waals surface area contributed by atoms with Crippen molar-refractivity contribution >= 4 is 0 Å². The molecule has 0 aromatic carbocycles. The molecular weight excluding hydrogens is 170 g/mol. The Kier molecular flexibility index (Phi) is 3.02. The van der Waals surface area contributed by atoms with Gasteiger partial charge in [-0.05, 0) is 38.5 Å². The molecule has 0 amide bonds. The topological polar surface area (TPSA) is 3.24 Å². The Labute approximate surface area is 89.9 Å². The van der Waals surface area contributed by atoms with Crippen LogP contribution >= 0.6 is 0 Å². The van der Waals surface area contributed by atoms with Gasteiger partial charge in [0.05, 0.1) is 0 Å². The summed E-state index contributed by atoms with van der Waals surface area (Å²) in [7, 11) is 0. The zero-order valence-electron chi connectivity index (χ0n) is 11.0. The molecule has 1 heterocycles. The first-order valence-corrected chi connectivity index (χ1v) is 5.89. The second-order valence-electron chi connectivity index (χ2n) is 7.05. The minimum Gasteiger partial charge on any atom is -0.295 e. The Hall–Kier alpha value is -0.0400. The molecule has 0 aromatic heterocycles. The lowest BCUT2D eigenvalue weighted by molar-refractivity contribution is 0.0576. The van der Waals surface area contributed by atoms with E-state index in [-0.39, 0.29) is 0 Å². The van der Waals surface area contributed by atoms with Gasteiger partial charge in [-0.1, -0.05) is 27.7 Å². The van der Waals surface area contributed by atoms with Crippen LogP contribution in [0.3, 0.4) is 0 Å². The average molecular weight is 197 g/mol. The standard InChI is InChI=1S/C13H27N/c1-10-8-11(12(2,3)4)14(9-10)13(5,6)7/h10-11H,8-9H2,1-7H3/t10-,11?/m0/s1. The fourth-order valence-corrected chi connectivity index (χ4v) is 2.61. The Balaban J connectivity index is 2.84. The van der Waals surface area contributed by atoms with E-state index in [4.69, 9.17) is 0 Å². The maximum absolute atomic E-state index is 2.69. The molecule has 1 heteroatoms. The van der Waals surface area contributed by atoms with Crippen LogP contribution in [0.5, 0.6) is 0 Å². The maximum atomic E-state index is 2.69. The molecule has 1 unspecified atom stereocenters. The van der Waals surface area contributed by atoms with Crippen molar-refractivity contribution in [2.75, 3.05) is 6.54 Å². The fraction of sp³-hybridized carbons (Fsp3) is 1.00. The number of hydrogen-bond donors (Lipinski definition) is 0. The van der Waals surface area contributed by atoms with Gasteiger partial charge in [-0.25, -0.2) is 0 Å². The van der Waals surface area contributed by atoms with Crippen molar-refractivity contribution in [3.8, 4) is 0 Å². The van der Waals surface area contributed by atoms with Crippen LogP contribution in [-0.2, 0) is 0 Å². The van der Waals surface area contributed by atoms with E-state index in [1.807, 2.05) is 0 Å². The summed E-state index contributed by atoms with van der Waals surface area (Å²) in [5, 5.41) is 0. The molecule has 0 aliphatic carbocycles. The van der Waals surface area contributed by atoms with Crippen molar-refractivity contribution in [1.29, 1.82) is 0 Å². The quantitative estimate of drug-likeness (QED) is 0.574. The van der Waals surface area contributed by atoms with Crippen molar-refractivity contribution in [2.45, 2.75) is 66.5 Å². The van der Waals surface area contributed by atoms with Gasteiger partial charge in [0, 0.05) is 18.1 Å². The van der Waals surface area contributed by atoms with E-state index >= 15 is 0 Å². The number of hydrogen-bond acceptors (Lipinski definition) is 1. The minimum absolute atomic E-state index is 0.322. The van der Waals surface area contributed by atoms with Gasteiger partial charge in [-0.15, -0.1) is 0 Å². The molecule has 0 bridgehead atoms. The molecule has 0 radical (unpaired) electrons. The lowest BCUT2D eigenvalue weighted by atomic mass is 9.83. The number of rotatable bonds is 0. The monoisotopic (exact) mass is 197 g/mol. The van der Waals surface area contributed by atoms with Crippen LogP contribution < -0.4 is 0 Å². The van der Waals surface area contributed by atoms with Crippen LogP contribution in [0.2, 0.25) is 0 Å². The van der Waals surface area contributed by atoms with E-state index in [1.54, 1.807) is 0 Å². The van der Waals surface area contributed by atoms with Crippen LogP contribution in [0.1, 0.15) is 54.9 Å². The van der Waals surface area contributed by atoms with Gasteiger partial charge in [-0.3, -0.25) is 4.90 Å². The minimum atomic E-state index is 0.322. The highest BCUT2D eigenvalue weighted by Crippen LogP contribution is 2.39. The zero-order valence-corrected chi connectivity index (χ0v) is 11.0. The van der Waals surface area contributed by atoms with Crippen LogP contribution in [0.25, 0.3) is 0 Å². The van der Waals surface area contributed by atoms with Crippen LogP contribution in [0.15, 0.2) is 0 Å². The zero-order chi connectivity index (χ0) is 11.1. The van der Waals surface area contributed by atoms with Gasteiger partial charge in [0.2, 0.25) is 0 Å². The number of likely N-dealkylation sites (tertiary alicyclic amines) is 1. The van der Waals surface area contributed by atoms with Gasteiger partial charge in [-0.2, -0.15) is 0 Å². The van der Waals surface area contributed by atoms with Crippen molar-refractivity contribution < 1.29 is 0 Å². The lowest BCUT2D eigenvalue weighted by Crippen LogP contribution is -2.49. The van der Waals surface area contributed by atoms with Crippen molar-refractivity contribution in [3.63, 3.8) is 0 Å². The molecular formula is C13H27N. The summed E-state index contributed by atoms with van der Waals surface area (Å²) < 4.78 is 0. The lowest BCUT2D eigenvalue weighted by Gasteiger charge is -2.43. The summed E-state index contributed by atoms with van der Waals surface area (Å²) in [6.07, 6.45) is 1.36. The van der Waals surface area contributed by atoms with E-state index in [1.165, 1.54) is 13.0 Å². The highest BCUT2D eigenvalue weighted by atomic mass is 15.2. The largest absolute Gasteiger partial charge is 0.295 e. The van der Waals surface area contributed by atoms with E-state index in [0.717, 1.165) is 12.0 Å². The van der Waals surface area contributed by atoms with E-state index in [2.05, 4.69) is 53.4 Å². The molecule has 1 fully saturated rings. The first-order chi connectivity index (χ1) is 6.12. The fourth-order valence-electron chi connectivity index (χ4n) is 2.61. The molecule has 1 saturated heterocycles. The van der Waals surface area contributed by atoms with Gasteiger partial charge in [0.25, 0.3) is 0 Å². The molecule has 1 nitrogen and oxygen atoms in total. The molecule has 14 heavy (non-hydrogen) atoms. The molecule has 1 aliphatic heterocycles. The smallest absolute Gasteiger partial charge is 0.0152 e. The van der Waals surface area contributed by atoms with Gasteiger partial charge in [0.15, 0.2) is 0 Å². The molecule has 1 rings (SSSR count). The third kappa shape index (κ3) is 2.50. The van der Waals surface area contributed by atoms with Crippen LogP contribution in [0, 0.1) is 11.3 Å². The van der Waals surface area contributed by atoms with Crippen molar-refractivity contribution in [2.24, 2.45) is 11.3 Å². The summed E-state index contributed by atoms with van der Waals surface area (Å²) in [5.74, 6) is 0.860. The predicted octanol–water partition coefficient (Wildman–Crippen LogP) is 3.54. The van der Waals surface area contributed by atoms with Crippen molar-refractivity contribution in [3.05, 3.63) is 0 Å². The van der Waals surface area contributed by atoms with E-state index < -0.39 is 0 Å². The highest BCUT2D eigenvalue weighted by molar-refractivity contribution is 4.96. The Morgan fingerprint density at radius 1 is 1.00 bits per heavy atom. The summed E-state index contributed by atoms with van der Waals surface area (Å²) in [5.41, 5.74) is 0.737. The number of nitrogens with zero attached hydrogens (tertiary/aromatic N) is 1. The third-order valence-electron chi connectivity index (χ3n) is 3.37. The summed E-state index contributed by atoms with van der Waals surface area (Å²) in [6.45, 7) is 17.8. The second kappa shape index (κ2) is 3.52. The Morgan fingerprint density at radius 3 is 1.79 bits per heavy atom. The molecule has 2 atom stereocenters. The van der Waals surface area contributed by atoms with Gasteiger partial charge in [0.1, 0.15) is 0 Å². The SMILES string of the molecule is C[C@H]1CC(C(C)(C)C)N(C(C)(C)C)C1. The molecule has 1 aliphatic rings. The summed E-state index contributed by atoms with van der Waals surface area (Å²) >= 11 is 0. The first kappa shape index (κ1) is 12.0. The Morgan fingerprint density at radius 2 is 1.50 bits per heavy atom. The van der Waals surface area contributed by atoms with Gasteiger partial charge >= 0.3 is 0 Å². The summed E-state index contributed by atoms with van der Waals surface area (Å²) in [6, 6.07) is 0.748. The molecule has 84 valence electrons. The molecule has 0 saturated carbocycles. The van der Waals surface area contributed by atoms with Crippen LogP contribution in [0.4, 0.5) is 0 Å². The molecule has 0 spiro atoms. The van der Waals surface area contributed by atoms with E-state index in [9.17, 15) is 0 Å². The van der Waals surface area contributed by atoms with Gasteiger partial charge < -0.3 is 0 Å². The highest BCUT2D eigenvalue weighted by Gasteiger charge is 2.41. The average Bonchev–Trinajstić information content (AvgIpc) is 2.27. The normalized spacial score (nSPS) is 31.1. The maximum Gasteiger partial charge on any atom is 0.0152 e. The second-order valence-corrected chi connectivity index (χ2v) is 7.05. The molecule has 0 aromatic rings. The molecule has 0 N–H and O–H groups in total. The van der Waals surface area contributed by atoms with Crippen molar-refractivity contribution in [1.82, 2.24) is 4.90 Å².